The summed E-state index contributed by atoms with van der Waals surface area (Å²) < 4.78 is 0. The van der Waals surface area contributed by atoms with Crippen LogP contribution in [0.1, 0.15) is 41.8 Å². The zero-order valence-corrected chi connectivity index (χ0v) is 13.3. The number of hydrogen-bond acceptors (Lipinski definition) is 3. The number of carbonyl (C=O) groups is 2. The van der Waals surface area contributed by atoms with Gasteiger partial charge in [0.1, 0.15) is 0 Å². The third-order valence-electron chi connectivity index (χ3n) is 4.82. The topological polar surface area (TPSA) is 63.4 Å². The van der Waals surface area contributed by atoms with E-state index in [2.05, 4.69) is 4.90 Å². The molecule has 1 saturated heterocycles. The SMILES string of the molecule is Cc1ccc(C(=O)C(C)N2CCC(C)(C(N)=O)C2)cc1C. The van der Waals surface area contributed by atoms with Crippen molar-refractivity contribution in [3.05, 3.63) is 34.9 Å². The fraction of sp³-hybridized carbons (Fsp3) is 0.529. The Kier molecular flexibility index (Phi) is 4.19. The number of hydrogen-bond donors (Lipinski definition) is 1. The number of benzene rings is 1. The number of rotatable bonds is 4. The predicted octanol–water partition coefficient (Wildman–Crippen LogP) is 2.07. The molecule has 4 heteroatoms. The van der Waals surface area contributed by atoms with Crippen LogP contribution < -0.4 is 5.73 Å². The third-order valence-corrected chi connectivity index (χ3v) is 4.82. The molecule has 1 fully saturated rings. The van der Waals surface area contributed by atoms with Crippen molar-refractivity contribution in [3.63, 3.8) is 0 Å². The minimum absolute atomic E-state index is 0.104. The van der Waals surface area contributed by atoms with Crippen LogP contribution in [0.4, 0.5) is 0 Å². The van der Waals surface area contributed by atoms with Gasteiger partial charge in [0.05, 0.1) is 11.5 Å². The number of likely N-dealkylation sites (tertiary alicyclic amines) is 1. The lowest BCUT2D eigenvalue weighted by Gasteiger charge is -2.25. The minimum Gasteiger partial charge on any atom is -0.369 e. The largest absolute Gasteiger partial charge is 0.369 e. The highest BCUT2D eigenvalue weighted by atomic mass is 16.1. The number of amides is 1. The summed E-state index contributed by atoms with van der Waals surface area (Å²) in [7, 11) is 0. The summed E-state index contributed by atoms with van der Waals surface area (Å²) in [5, 5.41) is 0. The van der Waals surface area contributed by atoms with Crippen molar-refractivity contribution in [1.29, 1.82) is 0 Å². The minimum atomic E-state index is -0.516. The zero-order valence-electron chi connectivity index (χ0n) is 13.3. The molecule has 21 heavy (non-hydrogen) atoms. The van der Waals surface area contributed by atoms with Gasteiger partial charge in [0.25, 0.3) is 0 Å². The summed E-state index contributed by atoms with van der Waals surface area (Å²) in [6, 6.07) is 5.57. The van der Waals surface area contributed by atoms with Crippen LogP contribution in [0.15, 0.2) is 18.2 Å². The normalized spacial score (nSPS) is 24.0. The maximum Gasteiger partial charge on any atom is 0.224 e. The molecule has 1 aromatic carbocycles. The first-order chi connectivity index (χ1) is 9.74. The lowest BCUT2D eigenvalue weighted by molar-refractivity contribution is -0.126. The van der Waals surface area contributed by atoms with E-state index in [1.165, 1.54) is 5.56 Å². The van der Waals surface area contributed by atoms with Gasteiger partial charge in [0, 0.05) is 12.1 Å². The Balaban J connectivity index is 2.13. The predicted molar refractivity (Wildman–Crippen MR) is 83.2 cm³/mol. The van der Waals surface area contributed by atoms with Crippen molar-refractivity contribution in [2.45, 2.75) is 40.2 Å². The van der Waals surface area contributed by atoms with E-state index in [0.29, 0.717) is 13.0 Å². The van der Waals surface area contributed by atoms with Gasteiger partial charge in [0.15, 0.2) is 5.78 Å². The average Bonchev–Trinajstić information content (AvgIpc) is 2.84. The van der Waals surface area contributed by atoms with Crippen molar-refractivity contribution in [1.82, 2.24) is 4.90 Å². The van der Waals surface area contributed by atoms with E-state index in [1.54, 1.807) is 0 Å². The summed E-state index contributed by atoms with van der Waals surface area (Å²) in [6.45, 7) is 9.12. The molecule has 1 aliphatic heterocycles. The van der Waals surface area contributed by atoms with Gasteiger partial charge in [-0.25, -0.2) is 0 Å². The zero-order chi connectivity index (χ0) is 15.8. The van der Waals surface area contributed by atoms with Crippen LogP contribution >= 0.6 is 0 Å². The number of nitrogens with zero attached hydrogens (tertiary/aromatic N) is 1. The van der Waals surface area contributed by atoms with E-state index in [-0.39, 0.29) is 17.7 Å². The number of nitrogens with two attached hydrogens (primary N) is 1. The van der Waals surface area contributed by atoms with Crippen molar-refractivity contribution >= 4 is 11.7 Å². The molecule has 114 valence electrons. The van der Waals surface area contributed by atoms with Gasteiger partial charge in [-0.05, 0) is 57.9 Å². The molecule has 2 rings (SSSR count). The van der Waals surface area contributed by atoms with E-state index < -0.39 is 5.41 Å². The molecule has 0 spiro atoms. The van der Waals surface area contributed by atoms with E-state index in [4.69, 9.17) is 5.73 Å². The Labute approximate surface area is 126 Å². The molecule has 1 amide bonds. The maximum absolute atomic E-state index is 12.6. The standard InChI is InChI=1S/C17H24N2O2/c1-11-5-6-14(9-12(11)2)15(20)13(3)19-8-7-17(4,10-19)16(18)21/h5-6,9,13H,7-8,10H2,1-4H3,(H2,18,21). The second kappa shape index (κ2) is 5.60. The fourth-order valence-corrected chi connectivity index (χ4v) is 2.83. The summed E-state index contributed by atoms with van der Waals surface area (Å²) in [5.41, 5.74) is 7.99. The van der Waals surface area contributed by atoms with Crippen molar-refractivity contribution in [2.24, 2.45) is 11.1 Å². The second-order valence-corrected chi connectivity index (χ2v) is 6.48. The number of Topliss-reactive ketones (excluding diaryl/α,β-unsaturated/α-hetero) is 1. The fourth-order valence-electron chi connectivity index (χ4n) is 2.83. The number of primary amides is 1. The van der Waals surface area contributed by atoms with E-state index >= 15 is 0 Å². The molecule has 0 aliphatic carbocycles. The molecule has 0 radical (unpaired) electrons. The van der Waals surface area contributed by atoms with E-state index in [0.717, 1.165) is 17.7 Å². The van der Waals surface area contributed by atoms with Crippen molar-refractivity contribution < 1.29 is 9.59 Å². The van der Waals surface area contributed by atoms with Crippen LogP contribution in [0.3, 0.4) is 0 Å². The van der Waals surface area contributed by atoms with Gasteiger partial charge < -0.3 is 5.73 Å². The first kappa shape index (κ1) is 15.7. The highest BCUT2D eigenvalue weighted by molar-refractivity contribution is 6.00. The van der Waals surface area contributed by atoms with Gasteiger partial charge in [-0.15, -0.1) is 0 Å². The van der Waals surface area contributed by atoms with Crippen molar-refractivity contribution in [3.8, 4) is 0 Å². The Morgan fingerprint density at radius 3 is 2.48 bits per heavy atom. The highest BCUT2D eigenvalue weighted by Crippen LogP contribution is 2.31. The van der Waals surface area contributed by atoms with Crippen LogP contribution in [-0.2, 0) is 4.79 Å². The molecule has 4 nitrogen and oxygen atoms in total. The smallest absolute Gasteiger partial charge is 0.224 e. The summed E-state index contributed by atoms with van der Waals surface area (Å²) in [5.74, 6) is -0.178. The molecule has 0 aromatic heterocycles. The third kappa shape index (κ3) is 3.00. The molecule has 2 unspecified atom stereocenters. The first-order valence-electron chi connectivity index (χ1n) is 7.40. The van der Waals surface area contributed by atoms with Crippen LogP contribution in [0, 0.1) is 19.3 Å². The molecule has 1 aliphatic rings. The van der Waals surface area contributed by atoms with Crippen LogP contribution in [0.25, 0.3) is 0 Å². The van der Waals surface area contributed by atoms with Crippen LogP contribution in [0.2, 0.25) is 0 Å². The lowest BCUT2D eigenvalue weighted by Crippen LogP contribution is -2.42. The number of ketones is 1. The summed E-state index contributed by atoms with van der Waals surface area (Å²) in [4.78, 5) is 26.2. The molecule has 0 bridgehead atoms. The Bertz CT molecular complexity index is 582. The van der Waals surface area contributed by atoms with Crippen molar-refractivity contribution in [2.75, 3.05) is 13.1 Å². The number of aryl methyl sites for hydroxylation is 2. The Hall–Kier alpha value is -1.68. The van der Waals surface area contributed by atoms with Gasteiger partial charge in [-0.2, -0.15) is 0 Å². The summed E-state index contributed by atoms with van der Waals surface area (Å²) in [6.07, 6.45) is 0.715. The van der Waals surface area contributed by atoms with E-state index in [1.807, 2.05) is 45.9 Å². The monoisotopic (exact) mass is 288 g/mol. The lowest BCUT2D eigenvalue weighted by atomic mass is 9.89. The van der Waals surface area contributed by atoms with Crippen LogP contribution in [-0.4, -0.2) is 35.7 Å². The maximum atomic E-state index is 12.6. The average molecular weight is 288 g/mol. The molecule has 2 N–H and O–H groups in total. The summed E-state index contributed by atoms with van der Waals surface area (Å²) >= 11 is 0. The molecular weight excluding hydrogens is 264 g/mol. The van der Waals surface area contributed by atoms with E-state index in [9.17, 15) is 9.59 Å². The highest BCUT2D eigenvalue weighted by Gasteiger charge is 2.41. The molecule has 0 saturated carbocycles. The molecule has 1 heterocycles. The van der Waals surface area contributed by atoms with Gasteiger partial charge >= 0.3 is 0 Å². The molecule has 2 atom stereocenters. The molecule has 1 aromatic rings. The van der Waals surface area contributed by atoms with Gasteiger partial charge in [0.2, 0.25) is 5.91 Å². The van der Waals surface area contributed by atoms with Gasteiger partial charge in [-0.1, -0.05) is 12.1 Å². The second-order valence-electron chi connectivity index (χ2n) is 6.48. The Morgan fingerprint density at radius 2 is 1.95 bits per heavy atom. The Morgan fingerprint density at radius 1 is 1.29 bits per heavy atom. The van der Waals surface area contributed by atoms with Crippen LogP contribution in [0.5, 0.6) is 0 Å². The van der Waals surface area contributed by atoms with Gasteiger partial charge in [-0.3, -0.25) is 14.5 Å². The molecular formula is C17H24N2O2. The first-order valence-corrected chi connectivity index (χ1v) is 7.40. The quantitative estimate of drug-likeness (QED) is 0.863. The number of carbonyl (C=O) groups excluding carboxylic acids is 2.